The summed E-state index contributed by atoms with van der Waals surface area (Å²) in [4.78, 5) is 5.74. The number of alkyl halides is 1. The molecule has 0 aromatic carbocycles. The molecule has 0 fully saturated rings. The fourth-order valence-electron chi connectivity index (χ4n) is 1.24. The Bertz CT molecular complexity index is 490. The lowest BCUT2D eigenvalue weighted by atomic mass is 10.3. The highest BCUT2D eigenvalue weighted by molar-refractivity contribution is 9.10. The summed E-state index contributed by atoms with van der Waals surface area (Å²) in [6.45, 7) is 0. The van der Waals surface area contributed by atoms with E-state index in [1.165, 1.54) is 7.11 Å². The average Bonchev–Trinajstić information content (AvgIpc) is 2.28. The molecule has 6 nitrogen and oxygen atoms in total. The fourth-order valence-corrected chi connectivity index (χ4v) is 2.14. The van der Waals surface area contributed by atoms with Gasteiger partial charge in [-0.1, -0.05) is 15.9 Å². The van der Waals surface area contributed by atoms with E-state index in [0.717, 1.165) is 0 Å². The van der Waals surface area contributed by atoms with E-state index in [1.54, 1.807) is 31.3 Å². The van der Waals surface area contributed by atoms with E-state index >= 15 is 0 Å². The van der Waals surface area contributed by atoms with Crippen LogP contribution in [0.1, 0.15) is 0 Å². The summed E-state index contributed by atoms with van der Waals surface area (Å²) in [6, 6.07) is 1.70. The maximum Gasteiger partial charge on any atom is 0.243 e. The van der Waals surface area contributed by atoms with Gasteiger partial charge in [-0.2, -0.15) is 0 Å². The van der Waals surface area contributed by atoms with Gasteiger partial charge in [0.2, 0.25) is 15.9 Å². The molecule has 1 aromatic heterocycles. The zero-order valence-electron chi connectivity index (χ0n) is 9.77. The Kier molecular flexibility index (Phi) is 4.58. The third kappa shape index (κ3) is 3.47. The van der Waals surface area contributed by atoms with Crippen molar-refractivity contribution in [3.8, 4) is 5.88 Å². The molecular weight excluding hydrogens is 310 g/mol. The van der Waals surface area contributed by atoms with E-state index < -0.39 is 10.0 Å². The van der Waals surface area contributed by atoms with E-state index in [9.17, 15) is 8.42 Å². The molecule has 1 heterocycles. The van der Waals surface area contributed by atoms with Crippen molar-refractivity contribution in [2.45, 2.75) is 0 Å². The Morgan fingerprint density at radius 2 is 2.18 bits per heavy atom. The van der Waals surface area contributed by atoms with Crippen LogP contribution in [0.3, 0.4) is 0 Å². The molecule has 1 rings (SSSR count). The first-order valence-electron chi connectivity index (χ1n) is 4.68. The van der Waals surface area contributed by atoms with Gasteiger partial charge in [-0.15, -0.1) is 0 Å². The van der Waals surface area contributed by atoms with Crippen LogP contribution in [0.4, 0.5) is 11.4 Å². The number of halogens is 1. The van der Waals surface area contributed by atoms with Gasteiger partial charge in [-0.3, -0.25) is 4.72 Å². The van der Waals surface area contributed by atoms with Crippen molar-refractivity contribution >= 4 is 37.3 Å². The van der Waals surface area contributed by atoms with Gasteiger partial charge in [-0.25, -0.2) is 13.4 Å². The monoisotopic (exact) mass is 323 g/mol. The fraction of sp³-hybridized carbons (Fsp3) is 0.444. The minimum absolute atomic E-state index is 0.190. The second-order valence-electron chi connectivity index (χ2n) is 3.43. The van der Waals surface area contributed by atoms with Crippen molar-refractivity contribution in [3.63, 3.8) is 0 Å². The second-order valence-corrected chi connectivity index (χ2v) is 6.46. The molecule has 0 saturated carbocycles. The van der Waals surface area contributed by atoms with E-state index in [4.69, 9.17) is 4.74 Å². The van der Waals surface area contributed by atoms with Crippen LogP contribution >= 0.6 is 15.9 Å². The number of methoxy groups -OCH3 is 1. The average molecular weight is 324 g/mol. The molecule has 0 radical (unpaired) electrons. The number of nitrogens with one attached hydrogen (secondary N) is 1. The van der Waals surface area contributed by atoms with Crippen LogP contribution < -0.4 is 14.4 Å². The molecule has 17 heavy (non-hydrogen) atoms. The van der Waals surface area contributed by atoms with Gasteiger partial charge in [0.15, 0.2) is 0 Å². The number of pyridine rings is 1. The van der Waals surface area contributed by atoms with Crippen LogP contribution in [-0.4, -0.2) is 39.3 Å². The molecule has 0 amide bonds. The van der Waals surface area contributed by atoms with Crippen LogP contribution in [-0.2, 0) is 10.0 Å². The molecule has 1 N–H and O–H groups in total. The number of nitrogens with zero attached hydrogens (tertiary/aromatic N) is 2. The Labute approximate surface area is 109 Å². The van der Waals surface area contributed by atoms with Crippen molar-refractivity contribution < 1.29 is 13.2 Å². The van der Waals surface area contributed by atoms with Crippen LogP contribution in [0, 0.1) is 0 Å². The number of aromatic nitrogens is 1. The number of sulfonamides is 1. The molecule has 8 heteroatoms. The van der Waals surface area contributed by atoms with E-state index in [0.29, 0.717) is 11.4 Å². The largest absolute Gasteiger partial charge is 0.479 e. The Hall–Kier alpha value is -1.02. The van der Waals surface area contributed by atoms with Crippen molar-refractivity contribution in [1.82, 2.24) is 4.98 Å². The highest BCUT2D eigenvalue weighted by Crippen LogP contribution is 2.32. The third-order valence-corrected chi connectivity index (χ3v) is 4.58. The second kappa shape index (κ2) is 5.54. The van der Waals surface area contributed by atoms with Crippen molar-refractivity contribution in [1.29, 1.82) is 0 Å². The van der Waals surface area contributed by atoms with Crippen LogP contribution in [0.15, 0.2) is 12.3 Å². The van der Waals surface area contributed by atoms with Crippen LogP contribution in [0.25, 0.3) is 0 Å². The predicted octanol–water partition coefficient (Wildman–Crippen LogP) is 1.25. The highest BCUT2D eigenvalue weighted by atomic mass is 79.9. The lowest BCUT2D eigenvalue weighted by molar-refractivity contribution is 0.400. The number of anilines is 2. The summed E-state index contributed by atoms with van der Waals surface area (Å²) < 4.78 is 30.4. The molecule has 0 unspecified atom stereocenters. The van der Waals surface area contributed by atoms with Gasteiger partial charge in [0.25, 0.3) is 0 Å². The molecule has 1 aromatic rings. The maximum atomic E-state index is 11.6. The van der Waals surface area contributed by atoms with Crippen LogP contribution in [0.2, 0.25) is 0 Å². The molecule has 0 aliphatic rings. The smallest absolute Gasteiger partial charge is 0.243 e. The molecule has 0 atom stereocenters. The molecule has 0 saturated heterocycles. The highest BCUT2D eigenvalue weighted by Gasteiger charge is 2.17. The van der Waals surface area contributed by atoms with Gasteiger partial charge in [-0.05, 0) is 6.07 Å². The van der Waals surface area contributed by atoms with Crippen LogP contribution in [0.5, 0.6) is 5.88 Å². The maximum absolute atomic E-state index is 11.6. The SMILES string of the molecule is COc1nccc(N(C)C)c1NS(=O)(=O)CBr. The number of hydrogen-bond donors (Lipinski definition) is 1. The first-order chi connectivity index (χ1) is 7.91. The Morgan fingerprint density at radius 3 is 2.65 bits per heavy atom. The standard InChI is InChI=1S/C9H14BrN3O3S/c1-13(2)7-4-5-11-9(16-3)8(7)12-17(14,15)6-10/h4-5,12H,6H2,1-3H3. The predicted molar refractivity (Wildman–Crippen MR) is 71.5 cm³/mol. The number of ether oxygens (including phenoxy) is 1. The summed E-state index contributed by atoms with van der Waals surface area (Å²) in [5, 5.41) is 0. The first-order valence-corrected chi connectivity index (χ1v) is 7.45. The molecule has 0 aliphatic heterocycles. The van der Waals surface area contributed by atoms with Crippen molar-refractivity contribution in [3.05, 3.63) is 12.3 Å². The minimum Gasteiger partial charge on any atom is -0.479 e. The minimum atomic E-state index is -3.44. The first kappa shape index (κ1) is 14.0. The summed E-state index contributed by atoms with van der Waals surface area (Å²) in [5.74, 6) is 0.237. The number of hydrogen-bond acceptors (Lipinski definition) is 5. The quantitative estimate of drug-likeness (QED) is 0.826. The Morgan fingerprint density at radius 1 is 1.53 bits per heavy atom. The molecule has 96 valence electrons. The Balaban J connectivity index is 3.28. The van der Waals surface area contributed by atoms with Gasteiger partial charge >= 0.3 is 0 Å². The lowest BCUT2D eigenvalue weighted by Crippen LogP contribution is -2.18. The van der Waals surface area contributed by atoms with E-state index in [-0.39, 0.29) is 10.5 Å². The molecule has 0 bridgehead atoms. The van der Waals surface area contributed by atoms with Crippen molar-refractivity contribution in [2.24, 2.45) is 0 Å². The summed E-state index contributed by atoms with van der Waals surface area (Å²) in [7, 11) is 1.61. The topological polar surface area (TPSA) is 71.5 Å². The van der Waals surface area contributed by atoms with E-state index in [1.807, 2.05) is 0 Å². The van der Waals surface area contributed by atoms with Gasteiger partial charge < -0.3 is 9.64 Å². The third-order valence-electron chi connectivity index (χ3n) is 1.97. The van der Waals surface area contributed by atoms with Crippen molar-refractivity contribution in [2.75, 3.05) is 35.5 Å². The zero-order valence-corrected chi connectivity index (χ0v) is 12.2. The zero-order chi connectivity index (χ0) is 13.1. The number of rotatable bonds is 5. The summed E-state index contributed by atoms with van der Waals surface area (Å²) in [6.07, 6.45) is 1.56. The summed E-state index contributed by atoms with van der Waals surface area (Å²) in [5.41, 5.74) is 1.01. The summed E-state index contributed by atoms with van der Waals surface area (Å²) >= 11 is 2.91. The molecule has 0 aliphatic carbocycles. The lowest BCUT2D eigenvalue weighted by Gasteiger charge is -2.19. The van der Waals surface area contributed by atoms with Gasteiger partial charge in [0.05, 0.1) is 12.8 Å². The van der Waals surface area contributed by atoms with Gasteiger partial charge in [0, 0.05) is 20.3 Å². The normalized spacial score (nSPS) is 11.1. The van der Waals surface area contributed by atoms with Gasteiger partial charge in [0.1, 0.15) is 10.3 Å². The molecule has 0 spiro atoms. The van der Waals surface area contributed by atoms with E-state index in [2.05, 4.69) is 25.6 Å². The molecular formula is C9H14BrN3O3S.